The Morgan fingerprint density at radius 3 is 2.41 bits per heavy atom. The highest BCUT2D eigenvalue weighted by Crippen LogP contribution is 2.02. The minimum atomic E-state index is -0.284. The second kappa shape index (κ2) is 12.8. The van der Waals surface area contributed by atoms with Gasteiger partial charge in [0.1, 0.15) is 6.61 Å². The van der Waals surface area contributed by atoms with E-state index in [1.165, 1.54) is 25.3 Å². The SMILES string of the molecule is C=CCOC(=O)C=CCCCCC=CCCC. The maximum Gasteiger partial charge on any atom is 0.330 e. The molecule has 0 unspecified atom stereocenters. The minimum absolute atomic E-state index is 0.283. The number of unbranched alkanes of at least 4 members (excludes halogenated alkanes) is 4. The van der Waals surface area contributed by atoms with Crippen LogP contribution in [0.3, 0.4) is 0 Å². The smallest absolute Gasteiger partial charge is 0.330 e. The Labute approximate surface area is 105 Å². The standard InChI is InChI=1S/C15H24O2/c1-3-5-6-7-8-9-10-11-12-13-15(16)17-14-4-2/h4,6-7,12-13H,2-3,5,8-11,14H2,1H3. The molecule has 0 atom stereocenters. The van der Waals surface area contributed by atoms with E-state index in [2.05, 4.69) is 25.7 Å². The molecule has 0 heterocycles. The molecular formula is C15H24O2. The molecule has 0 aromatic heterocycles. The molecule has 0 aliphatic carbocycles. The van der Waals surface area contributed by atoms with Gasteiger partial charge in [-0.25, -0.2) is 4.79 Å². The molecule has 17 heavy (non-hydrogen) atoms. The molecule has 2 heteroatoms. The second-order valence-electron chi connectivity index (χ2n) is 3.87. The monoisotopic (exact) mass is 236 g/mol. The highest BCUT2D eigenvalue weighted by atomic mass is 16.5. The van der Waals surface area contributed by atoms with Crippen LogP contribution < -0.4 is 0 Å². The topological polar surface area (TPSA) is 26.3 Å². The van der Waals surface area contributed by atoms with Crippen LogP contribution >= 0.6 is 0 Å². The van der Waals surface area contributed by atoms with Gasteiger partial charge in [-0.15, -0.1) is 0 Å². The first kappa shape index (κ1) is 15.7. The minimum Gasteiger partial charge on any atom is -0.458 e. The summed E-state index contributed by atoms with van der Waals surface area (Å²) in [5.74, 6) is -0.284. The van der Waals surface area contributed by atoms with E-state index < -0.39 is 0 Å². The van der Waals surface area contributed by atoms with Crippen LogP contribution in [-0.2, 0) is 9.53 Å². The van der Waals surface area contributed by atoms with Crippen LogP contribution in [-0.4, -0.2) is 12.6 Å². The van der Waals surface area contributed by atoms with E-state index in [0.29, 0.717) is 0 Å². The van der Waals surface area contributed by atoms with Crippen molar-refractivity contribution in [3.63, 3.8) is 0 Å². The normalized spacial score (nSPS) is 11.1. The first-order valence-corrected chi connectivity index (χ1v) is 6.40. The van der Waals surface area contributed by atoms with E-state index in [4.69, 9.17) is 4.74 Å². The largest absolute Gasteiger partial charge is 0.458 e. The average Bonchev–Trinajstić information content (AvgIpc) is 2.34. The molecule has 0 fully saturated rings. The molecule has 0 radical (unpaired) electrons. The quantitative estimate of drug-likeness (QED) is 0.246. The highest BCUT2D eigenvalue weighted by Gasteiger charge is 1.92. The van der Waals surface area contributed by atoms with Crippen molar-refractivity contribution in [3.8, 4) is 0 Å². The van der Waals surface area contributed by atoms with Crippen LogP contribution in [0.5, 0.6) is 0 Å². The second-order valence-corrected chi connectivity index (χ2v) is 3.87. The first-order chi connectivity index (χ1) is 8.31. The highest BCUT2D eigenvalue weighted by molar-refractivity contribution is 5.81. The summed E-state index contributed by atoms with van der Waals surface area (Å²) in [5.41, 5.74) is 0. The van der Waals surface area contributed by atoms with Crippen molar-refractivity contribution in [1.82, 2.24) is 0 Å². The molecule has 0 aliphatic rings. The average molecular weight is 236 g/mol. The fourth-order valence-electron chi connectivity index (χ4n) is 1.30. The third-order valence-electron chi connectivity index (χ3n) is 2.21. The summed E-state index contributed by atoms with van der Waals surface area (Å²) in [6.45, 7) is 5.94. The molecule has 2 nitrogen and oxygen atoms in total. The van der Waals surface area contributed by atoms with Gasteiger partial charge in [0.2, 0.25) is 0 Å². The van der Waals surface area contributed by atoms with E-state index in [1.54, 1.807) is 6.08 Å². The summed E-state index contributed by atoms with van der Waals surface area (Å²) in [7, 11) is 0. The molecule has 0 amide bonds. The lowest BCUT2D eigenvalue weighted by Crippen LogP contribution is -1.99. The Bertz CT molecular complexity index is 252. The van der Waals surface area contributed by atoms with Crippen LogP contribution in [0.15, 0.2) is 37.0 Å². The fraction of sp³-hybridized carbons (Fsp3) is 0.533. The van der Waals surface area contributed by atoms with Gasteiger partial charge in [-0.05, 0) is 32.1 Å². The number of ether oxygens (including phenoxy) is 1. The van der Waals surface area contributed by atoms with E-state index in [0.717, 1.165) is 19.3 Å². The van der Waals surface area contributed by atoms with Crippen molar-refractivity contribution >= 4 is 5.97 Å². The third-order valence-corrected chi connectivity index (χ3v) is 2.21. The first-order valence-electron chi connectivity index (χ1n) is 6.40. The van der Waals surface area contributed by atoms with Crippen LogP contribution in [0, 0.1) is 0 Å². The third kappa shape index (κ3) is 12.6. The Hall–Kier alpha value is -1.31. The van der Waals surface area contributed by atoms with Gasteiger partial charge in [0, 0.05) is 6.08 Å². The number of rotatable bonds is 10. The molecule has 0 saturated heterocycles. The van der Waals surface area contributed by atoms with Gasteiger partial charge in [-0.3, -0.25) is 0 Å². The number of allylic oxidation sites excluding steroid dienone is 3. The maximum absolute atomic E-state index is 11.0. The zero-order chi connectivity index (χ0) is 12.8. The van der Waals surface area contributed by atoms with Gasteiger partial charge >= 0.3 is 5.97 Å². The molecule has 0 rings (SSSR count). The Morgan fingerprint density at radius 1 is 1.12 bits per heavy atom. The summed E-state index contributed by atoms with van der Waals surface area (Å²) >= 11 is 0. The van der Waals surface area contributed by atoms with Crippen molar-refractivity contribution in [2.24, 2.45) is 0 Å². The number of carbonyl (C=O) groups excluding carboxylic acids is 1. The fourth-order valence-corrected chi connectivity index (χ4v) is 1.30. The van der Waals surface area contributed by atoms with Crippen molar-refractivity contribution in [2.45, 2.75) is 45.4 Å². The van der Waals surface area contributed by atoms with E-state index in [-0.39, 0.29) is 12.6 Å². The van der Waals surface area contributed by atoms with Crippen LogP contribution in [0.25, 0.3) is 0 Å². The number of carbonyl (C=O) groups is 1. The zero-order valence-electron chi connectivity index (χ0n) is 10.9. The number of hydrogen-bond acceptors (Lipinski definition) is 2. The Balaban J connectivity index is 3.35. The molecule has 96 valence electrons. The van der Waals surface area contributed by atoms with Gasteiger partial charge in [-0.2, -0.15) is 0 Å². The van der Waals surface area contributed by atoms with Crippen molar-refractivity contribution in [2.75, 3.05) is 6.61 Å². The lowest BCUT2D eigenvalue weighted by Gasteiger charge is -1.96. The lowest BCUT2D eigenvalue weighted by molar-refractivity contribution is -0.136. The lowest BCUT2D eigenvalue weighted by atomic mass is 10.1. The molecule has 0 aromatic carbocycles. The number of hydrogen-bond donors (Lipinski definition) is 0. The summed E-state index contributed by atoms with van der Waals surface area (Å²) in [4.78, 5) is 11.0. The van der Waals surface area contributed by atoms with Crippen LogP contribution in [0.2, 0.25) is 0 Å². The van der Waals surface area contributed by atoms with Crippen molar-refractivity contribution in [3.05, 3.63) is 37.0 Å². The van der Waals surface area contributed by atoms with Gasteiger partial charge in [0.15, 0.2) is 0 Å². The zero-order valence-corrected chi connectivity index (χ0v) is 10.9. The van der Waals surface area contributed by atoms with Gasteiger partial charge in [0.05, 0.1) is 0 Å². The maximum atomic E-state index is 11.0. The predicted molar refractivity (Wildman–Crippen MR) is 72.8 cm³/mol. The van der Waals surface area contributed by atoms with Gasteiger partial charge in [-0.1, -0.05) is 44.2 Å². The van der Waals surface area contributed by atoms with Crippen molar-refractivity contribution in [1.29, 1.82) is 0 Å². The Morgan fingerprint density at radius 2 is 1.76 bits per heavy atom. The summed E-state index contributed by atoms with van der Waals surface area (Å²) < 4.78 is 4.81. The van der Waals surface area contributed by atoms with Crippen LogP contribution in [0.4, 0.5) is 0 Å². The summed E-state index contributed by atoms with van der Waals surface area (Å²) in [6.07, 6.45) is 16.2. The molecular weight excluding hydrogens is 212 g/mol. The molecule has 0 aliphatic heterocycles. The predicted octanol–water partition coefficient (Wildman–Crippen LogP) is 4.19. The number of esters is 1. The molecule has 0 N–H and O–H groups in total. The molecule has 0 bridgehead atoms. The van der Waals surface area contributed by atoms with E-state index in [9.17, 15) is 4.79 Å². The van der Waals surface area contributed by atoms with Gasteiger partial charge < -0.3 is 4.74 Å². The molecule has 0 saturated carbocycles. The van der Waals surface area contributed by atoms with E-state index >= 15 is 0 Å². The Kier molecular flexibility index (Phi) is 11.8. The van der Waals surface area contributed by atoms with E-state index in [1.807, 2.05) is 6.08 Å². The summed E-state index contributed by atoms with van der Waals surface area (Å²) in [5, 5.41) is 0. The molecule has 0 spiro atoms. The van der Waals surface area contributed by atoms with Crippen LogP contribution in [0.1, 0.15) is 45.4 Å². The molecule has 0 aromatic rings. The summed E-state index contributed by atoms with van der Waals surface area (Å²) in [6, 6.07) is 0. The van der Waals surface area contributed by atoms with Gasteiger partial charge in [0.25, 0.3) is 0 Å². The van der Waals surface area contributed by atoms with Crippen molar-refractivity contribution < 1.29 is 9.53 Å².